The van der Waals surface area contributed by atoms with Gasteiger partial charge < -0.3 is 10.4 Å². The SMILES string of the molecule is CC12CNCCC1C2C(=O)O. The lowest BCUT2D eigenvalue weighted by Gasteiger charge is -2.17. The van der Waals surface area contributed by atoms with Gasteiger partial charge in [0, 0.05) is 6.54 Å². The van der Waals surface area contributed by atoms with E-state index < -0.39 is 5.97 Å². The van der Waals surface area contributed by atoms with E-state index in [9.17, 15) is 4.79 Å². The maximum absolute atomic E-state index is 10.7. The largest absolute Gasteiger partial charge is 0.481 e. The van der Waals surface area contributed by atoms with Gasteiger partial charge in [-0.3, -0.25) is 4.79 Å². The van der Waals surface area contributed by atoms with Crippen molar-refractivity contribution in [1.29, 1.82) is 0 Å². The molecule has 2 aliphatic rings. The van der Waals surface area contributed by atoms with Crippen molar-refractivity contribution in [2.45, 2.75) is 13.3 Å². The standard InChI is InChI=1S/C8H13NO2/c1-8-4-9-3-2-5(8)6(8)7(10)11/h5-6,9H,2-4H2,1H3,(H,10,11). The summed E-state index contributed by atoms with van der Waals surface area (Å²) in [6.07, 6.45) is 1.04. The van der Waals surface area contributed by atoms with Gasteiger partial charge in [0.05, 0.1) is 5.92 Å². The maximum atomic E-state index is 10.7. The van der Waals surface area contributed by atoms with Crippen molar-refractivity contribution in [3.05, 3.63) is 0 Å². The molecule has 1 aliphatic heterocycles. The lowest BCUT2D eigenvalue weighted by molar-refractivity contribution is -0.139. The molecule has 3 unspecified atom stereocenters. The maximum Gasteiger partial charge on any atom is 0.307 e. The molecule has 2 N–H and O–H groups in total. The second-order valence-corrected chi connectivity index (χ2v) is 3.89. The molecule has 0 bridgehead atoms. The number of hydrogen-bond donors (Lipinski definition) is 2. The van der Waals surface area contributed by atoms with E-state index in [0.717, 1.165) is 19.5 Å². The molecule has 3 nitrogen and oxygen atoms in total. The van der Waals surface area contributed by atoms with Crippen molar-refractivity contribution in [3.63, 3.8) is 0 Å². The highest BCUT2D eigenvalue weighted by Gasteiger charge is 2.65. The summed E-state index contributed by atoms with van der Waals surface area (Å²) < 4.78 is 0. The first-order valence-electron chi connectivity index (χ1n) is 4.10. The molecule has 1 heterocycles. The fourth-order valence-corrected chi connectivity index (χ4v) is 2.47. The topological polar surface area (TPSA) is 49.3 Å². The molecule has 3 heteroatoms. The van der Waals surface area contributed by atoms with Crippen LogP contribution in [0.2, 0.25) is 0 Å². The summed E-state index contributed by atoms with van der Waals surface area (Å²) in [6.45, 7) is 3.95. The fraction of sp³-hybridized carbons (Fsp3) is 0.875. The third-order valence-corrected chi connectivity index (χ3v) is 3.25. The van der Waals surface area contributed by atoms with Gasteiger partial charge in [0.2, 0.25) is 0 Å². The number of carboxylic acids is 1. The molecule has 0 aromatic rings. The van der Waals surface area contributed by atoms with E-state index in [1.807, 2.05) is 0 Å². The van der Waals surface area contributed by atoms with Gasteiger partial charge in [0.1, 0.15) is 0 Å². The molecule has 0 amide bonds. The molecular weight excluding hydrogens is 142 g/mol. The molecule has 0 radical (unpaired) electrons. The molecule has 1 saturated carbocycles. The van der Waals surface area contributed by atoms with Gasteiger partial charge in [0.15, 0.2) is 0 Å². The predicted molar refractivity (Wildman–Crippen MR) is 40.2 cm³/mol. The van der Waals surface area contributed by atoms with Crippen LogP contribution in [-0.2, 0) is 4.79 Å². The summed E-state index contributed by atoms with van der Waals surface area (Å²) in [5, 5.41) is 12.1. The molecule has 2 rings (SSSR count). The summed E-state index contributed by atoms with van der Waals surface area (Å²) >= 11 is 0. The van der Waals surface area contributed by atoms with Crippen molar-refractivity contribution in [3.8, 4) is 0 Å². The van der Waals surface area contributed by atoms with Crippen LogP contribution in [0.25, 0.3) is 0 Å². The minimum Gasteiger partial charge on any atom is -0.481 e. The predicted octanol–water partition coefficient (Wildman–Crippen LogP) is 0.317. The number of hydrogen-bond acceptors (Lipinski definition) is 2. The molecule has 2 fully saturated rings. The average Bonchev–Trinajstić information content (AvgIpc) is 2.54. The van der Waals surface area contributed by atoms with Crippen LogP contribution in [-0.4, -0.2) is 24.2 Å². The van der Waals surface area contributed by atoms with Gasteiger partial charge >= 0.3 is 5.97 Å². The molecule has 0 aromatic carbocycles. The molecule has 0 spiro atoms. The Bertz CT molecular complexity index is 204. The van der Waals surface area contributed by atoms with Crippen LogP contribution in [0.1, 0.15) is 13.3 Å². The van der Waals surface area contributed by atoms with Crippen molar-refractivity contribution >= 4 is 5.97 Å². The molecule has 1 aliphatic carbocycles. The molecular formula is C8H13NO2. The smallest absolute Gasteiger partial charge is 0.307 e. The quantitative estimate of drug-likeness (QED) is 0.573. The first-order valence-corrected chi connectivity index (χ1v) is 4.10. The first-order chi connectivity index (χ1) is 5.16. The minimum absolute atomic E-state index is 0.0718. The molecule has 3 atom stereocenters. The van der Waals surface area contributed by atoms with Crippen molar-refractivity contribution in [1.82, 2.24) is 5.32 Å². The Labute approximate surface area is 65.8 Å². The zero-order valence-electron chi connectivity index (χ0n) is 6.63. The van der Waals surface area contributed by atoms with Crippen LogP contribution in [0.3, 0.4) is 0 Å². The number of fused-ring (bicyclic) bond motifs is 1. The zero-order chi connectivity index (χ0) is 8.06. The molecule has 62 valence electrons. The summed E-state index contributed by atoms with van der Waals surface area (Å²) in [5.41, 5.74) is 0.0735. The van der Waals surface area contributed by atoms with E-state index in [4.69, 9.17) is 5.11 Å². The van der Waals surface area contributed by atoms with Gasteiger partial charge in [-0.15, -0.1) is 0 Å². The van der Waals surface area contributed by atoms with Crippen LogP contribution in [0.15, 0.2) is 0 Å². The van der Waals surface area contributed by atoms with E-state index in [-0.39, 0.29) is 11.3 Å². The van der Waals surface area contributed by atoms with Crippen LogP contribution in [0.4, 0.5) is 0 Å². The Morgan fingerprint density at radius 1 is 1.73 bits per heavy atom. The van der Waals surface area contributed by atoms with Gasteiger partial charge in [-0.05, 0) is 24.3 Å². The van der Waals surface area contributed by atoms with Crippen LogP contribution in [0, 0.1) is 17.3 Å². The van der Waals surface area contributed by atoms with Crippen LogP contribution >= 0.6 is 0 Å². The third-order valence-electron chi connectivity index (χ3n) is 3.25. The van der Waals surface area contributed by atoms with E-state index in [0.29, 0.717) is 5.92 Å². The molecule has 11 heavy (non-hydrogen) atoms. The lowest BCUT2D eigenvalue weighted by atomic mass is 10.0. The number of aliphatic carboxylic acids is 1. The summed E-state index contributed by atoms with van der Waals surface area (Å²) in [7, 11) is 0. The summed E-state index contributed by atoms with van der Waals surface area (Å²) in [5.74, 6) is -0.236. The normalized spacial score (nSPS) is 48.1. The van der Waals surface area contributed by atoms with E-state index in [1.54, 1.807) is 0 Å². The second-order valence-electron chi connectivity index (χ2n) is 3.89. The number of nitrogens with one attached hydrogen (secondary N) is 1. The first kappa shape index (κ1) is 7.10. The highest BCUT2D eigenvalue weighted by Crippen LogP contribution is 2.61. The zero-order valence-corrected chi connectivity index (χ0v) is 6.63. The number of carboxylic acid groups (broad SMARTS) is 1. The van der Waals surface area contributed by atoms with Crippen LogP contribution in [0.5, 0.6) is 0 Å². The van der Waals surface area contributed by atoms with E-state index in [2.05, 4.69) is 12.2 Å². The summed E-state index contributed by atoms with van der Waals surface area (Å²) in [4.78, 5) is 10.7. The monoisotopic (exact) mass is 155 g/mol. The van der Waals surface area contributed by atoms with E-state index >= 15 is 0 Å². The highest BCUT2D eigenvalue weighted by molar-refractivity contribution is 5.75. The number of piperidine rings is 1. The molecule has 1 saturated heterocycles. The summed E-state index contributed by atoms with van der Waals surface area (Å²) in [6, 6.07) is 0. The van der Waals surface area contributed by atoms with Gasteiger partial charge in [-0.2, -0.15) is 0 Å². The van der Waals surface area contributed by atoms with Crippen molar-refractivity contribution < 1.29 is 9.90 Å². The highest BCUT2D eigenvalue weighted by atomic mass is 16.4. The van der Waals surface area contributed by atoms with Crippen molar-refractivity contribution in [2.24, 2.45) is 17.3 Å². The fourth-order valence-electron chi connectivity index (χ4n) is 2.47. The number of rotatable bonds is 1. The number of carbonyl (C=O) groups is 1. The Balaban J connectivity index is 2.12. The van der Waals surface area contributed by atoms with Gasteiger partial charge in [-0.25, -0.2) is 0 Å². The minimum atomic E-state index is -0.610. The third kappa shape index (κ3) is 0.805. The van der Waals surface area contributed by atoms with Crippen LogP contribution < -0.4 is 5.32 Å². The average molecular weight is 155 g/mol. The lowest BCUT2D eigenvalue weighted by Crippen LogP contribution is -2.30. The van der Waals surface area contributed by atoms with Gasteiger partial charge in [0.25, 0.3) is 0 Å². The van der Waals surface area contributed by atoms with Gasteiger partial charge in [-0.1, -0.05) is 6.92 Å². The second kappa shape index (κ2) is 1.97. The van der Waals surface area contributed by atoms with Crippen molar-refractivity contribution in [2.75, 3.05) is 13.1 Å². The molecule has 0 aromatic heterocycles. The van der Waals surface area contributed by atoms with E-state index in [1.165, 1.54) is 0 Å². The Kier molecular flexibility index (Phi) is 1.27. The Morgan fingerprint density at radius 2 is 2.45 bits per heavy atom. The Hall–Kier alpha value is -0.570. The Morgan fingerprint density at radius 3 is 2.91 bits per heavy atom.